The van der Waals surface area contributed by atoms with Gasteiger partial charge in [-0.25, -0.2) is 9.78 Å². The van der Waals surface area contributed by atoms with Gasteiger partial charge >= 0.3 is 5.97 Å². The van der Waals surface area contributed by atoms with Gasteiger partial charge in [0.2, 0.25) is 0 Å². The van der Waals surface area contributed by atoms with E-state index in [2.05, 4.69) is 15.9 Å². The maximum Gasteiger partial charge on any atom is 0.335 e. The van der Waals surface area contributed by atoms with Crippen LogP contribution in [0.15, 0.2) is 35.4 Å². The highest BCUT2D eigenvalue weighted by atomic mass is 32.1. The van der Waals surface area contributed by atoms with Crippen LogP contribution >= 0.6 is 11.3 Å². The second-order valence-electron chi connectivity index (χ2n) is 6.70. The van der Waals surface area contributed by atoms with Crippen LogP contribution in [0.3, 0.4) is 0 Å². The molecular weight excluding hydrogens is 432 g/mol. The summed E-state index contributed by atoms with van der Waals surface area (Å²) in [6, 6.07) is 0. The summed E-state index contributed by atoms with van der Waals surface area (Å²) < 4.78 is 0. The molecule has 5 nitrogen and oxygen atoms in total. The van der Waals surface area contributed by atoms with Gasteiger partial charge in [-0.2, -0.15) is 0 Å². The van der Waals surface area contributed by atoms with Crippen molar-refractivity contribution in [3.8, 4) is 23.6 Å². The van der Waals surface area contributed by atoms with Crippen LogP contribution in [-0.2, 0) is 9.59 Å². The van der Waals surface area contributed by atoms with Crippen molar-refractivity contribution < 1.29 is 14.7 Å². The molecule has 2 rings (SSSR count). The Labute approximate surface area is 202 Å². The van der Waals surface area contributed by atoms with E-state index in [-0.39, 0.29) is 11.4 Å². The number of carboxylic acid groups (broad SMARTS) is 1. The number of aliphatic carboxylic acids is 1. The van der Waals surface area contributed by atoms with Gasteiger partial charge in [0.05, 0.1) is 16.8 Å². The molecule has 0 radical (unpaired) electrons. The number of nitrogens with one attached hydrogen (secondary N) is 1. The molecule has 0 aliphatic carbocycles. The zero-order valence-corrected chi connectivity index (χ0v) is 21.6. The van der Waals surface area contributed by atoms with Crippen LogP contribution < -0.4 is 0 Å². The Hall–Kier alpha value is -3.17. The first kappa shape index (κ1) is 29.8. The van der Waals surface area contributed by atoms with E-state index in [1.807, 2.05) is 65.3 Å². The fraction of sp³-hybridized carbons (Fsp3) is 0.370. The average Bonchev–Trinajstić information content (AvgIpc) is 3.42. The Morgan fingerprint density at radius 3 is 2.42 bits per heavy atom. The van der Waals surface area contributed by atoms with Gasteiger partial charge in [0.1, 0.15) is 5.01 Å². The third kappa shape index (κ3) is 9.46. The number of carbonyl (C=O) groups excluding carboxylic acids is 1. The van der Waals surface area contributed by atoms with E-state index in [1.165, 1.54) is 24.3 Å². The molecule has 2 aromatic rings. The van der Waals surface area contributed by atoms with E-state index in [0.29, 0.717) is 17.0 Å². The van der Waals surface area contributed by atoms with Crippen molar-refractivity contribution in [1.82, 2.24) is 9.97 Å². The van der Waals surface area contributed by atoms with E-state index in [0.717, 1.165) is 35.4 Å². The summed E-state index contributed by atoms with van der Waals surface area (Å²) >= 11 is 1.34. The second-order valence-corrected chi connectivity index (χ2v) is 7.56. The van der Waals surface area contributed by atoms with E-state index in [9.17, 15) is 14.7 Å². The lowest BCUT2D eigenvalue weighted by molar-refractivity contribution is -0.132. The summed E-state index contributed by atoms with van der Waals surface area (Å²) in [5, 5.41) is 11.8. The van der Waals surface area contributed by atoms with Crippen LogP contribution in [-0.4, -0.2) is 26.8 Å². The molecule has 6 heteroatoms. The topological polar surface area (TPSA) is 83.0 Å². The molecule has 0 amide bonds. The molecule has 0 aliphatic heterocycles. The predicted molar refractivity (Wildman–Crippen MR) is 141 cm³/mol. The maximum absolute atomic E-state index is 12.2. The minimum absolute atomic E-state index is 0.117. The number of carboxylic acids is 1. The van der Waals surface area contributed by atoms with Crippen molar-refractivity contribution in [2.24, 2.45) is 0 Å². The fourth-order valence-corrected chi connectivity index (χ4v) is 3.51. The first-order chi connectivity index (χ1) is 15.8. The average molecular weight is 469 g/mol. The zero-order valence-electron chi connectivity index (χ0n) is 20.8. The molecule has 0 unspecified atom stereocenters. The van der Waals surface area contributed by atoms with Crippen LogP contribution in [0.25, 0.3) is 22.9 Å². The van der Waals surface area contributed by atoms with Crippen molar-refractivity contribution in [3.05, 3.63) is 51.6 Å². The number of aryl methyl sites for hydroxylation is 1. The van der Waals surface area contributed by atoms with Crippen LogP contribution in [0.1, 0.15) is 77.1 Å². The second kappa shape index (κ2) is 16.5. The number of H-pyrrole nitrogens is 1. The van der Waals surface area contributed by atoms with Crippen LogP contribution in [0, 0.1) is 19.3 Å². The number of hydrogen-bond acceptors (Lipinski definition) is 4. The molecule has 2 aromatic heterocycles. The van der Waals surface area contributed by atoms with Crippen molar-refractivity contribution in [2.45, 2.75) is 67.7 Å². The summed E-state index contributed by atoms with van der Waals surface area (Å²) in [6.45, 7) is 13.3. The normalized spacial score (nSPS) is 11.2. The van der Waals surface area contributed by atoms with Crippen LogP contribution in [0.2, 0.25) is 0 Å². The summed E-state index contributed by atoms with van der Waals surface area (Å²) in [6.07, 6.45) is 16.0. The highest BCUT2D eigenvalue weighted by Gasteiger charge is 2.17. The minimum Gasteiger partial charge on any atom is -0.478 e. The monoisotopic (exact) mass is 468 g/mol. The Bertz CT molecular complexity index is 1030. The lowest BCUT2D eigenvalue weighted by atomic mass is 10.1. The molecule has 178 valence electrons. The summed E-state index contributed by atoms with van der Waals surface area (Å²) in [5.41, 5.74) is 4.24. The molecule has 0 aromatic carbocycles. The summed E-state index contributed by atoms with van der Waals surface area (Å²) in [7, 11) is 0. The lowest BCUT2D eigenvalue weighted by Gasteiger charge is -2.02. The molecule has 0 spiro atoms. The van der Waals surface area contributed by atoms with Crippen molar-refractivity contribution in [1.29, 1.82) is 0 Å². The number of unbranched alkanes of at least 4 members (excludes halogenated alkanes) is 1. The molecule has 0 aliphatic rings. The Morgan fingerprint density at radius 1 is 1.30 bits per heavy atom. The number of carbonyl (C=O) groups is 2. The van der Waals surface area contributed by atoms with Crippen molar-refractivity contribution in [2.75, 3.05) is 0 Å². The fourth-order valence-electron chi connectivity index (χ4n) is 2.63. The van der Waals surface area contributed by atoms with Gasteiger partial charge in [-0.3, -0.25) is 4.79 Å². The molecule has 0 saturated carbocycles. The zero-order chi connectivity index (χ0) is 25.4. The van der Waals surface area contributed by atoms with Crippen LogP contribution in [0.5, 0.6) is 0 Å². The number of hydrogen-bond donors (Lipinski definition) is 2. The minimum atomic E-state index is -1.05. The molecule has 2 N–H and O–H groups in total. The SMILES string of the molecule is C#CCC.C/C=C\c1c(-c2csc(/C(=C/C(=C\CCC)C(=O)O)C(C)=O)n2)c[nH]c1C.CC. The summed E-state index contributed by atoms with van der Waals surface area (Å²) in [4.78, 5) is 31.4. The third-order valence-corrected chi connectivity index (χ3v) is 5.13. The molecule has 0 saturated heterocycles. The van der Waals surface area contributed by atoms with Crippen molar-refractivity contribution in [3.63, 3.8) is 0 Å². The van der Waals surface area contributed by atoms with Gasteiger partial charge in [0.15, 0.2) is 5.78 Å². The standard InChI is InChI=1S/C21H24N2O3S.C4H6.C2H6/c1-5-7-9-15(21(25)26)10-17(14(4)24)20-23-19(12-27-20)18-11-22-13(3)16(18)8-6-2;1-3-4-2;1-2/h6,8-12,22H,5,7H2,1-4H3,(H,25,26);1H,4H2,2H3;1-2H3/b8-6-,15-9+,17-10+;;. The third-order valence-electron chi connectivity index (χ3n) is 4.25. The predicted octanol–water partition coefficient (Wildman–Crippen LogP) is 7.32. The van der Waals surface area contributed by atoms with E-state index >= 15 is 0 Å². The maximum atomic E-state index is 12.2. The van der Waals surface area contributed by atoms with Gasteiger partial charge in [-0.15, -0.1) is 23.7 Å². The molecule has 0 bridgehead atoms. The van der Waals surface area contributed by atoms with Gasteiger partial charge < -0.3 is 10.1 Å². The van der Waals surface area contributed by atoms with E-state index < -0.39 is 5.97 Å². The first-order valence-electron chi connectivity index (χ1n) is 11.2. The Kier molecular flexibility index (Phi) is 14.9. The number of allylic oxidation sites excluding steroid dienone is 3. The van der Waals surface area contributed by atoms with Gasteiger partial charge in [0, 0.05) is 34.8 Å². The number of aromatic nitrogens is 2. The van der Waals surface area contributed by atoms with Crippen LogP contribution in [0.4, 0.5) is 0 Å². The Balaban J connectivity index is 0.00000154. The largest absolute Gasteiger partial charge is 0.478 e. The first-order valence-corrected chi connectivity index (χ1v) is 12.0. The number of nitrogens with zero attached hydrogens (tertiary/aromatic N) is 1. The van der Waals surface area contributed by atoms with Gasteiger partial charge in [0.25, 0.3) is 0 Å². The van der Waals surface area contributed by atoms with Gasteiger partial charge in [-0.1, -0.05) is 52.3 Å². The lowest BCUT2D eigenvalue weighted by Crippen LogP contribution is -2.02. The number of ketones is 1. The Morgan fingerprint density at radius 2 is 1.94 bits per heavy atom. The number of aromatic amines is 1. The molecular formula is C27H36N2O3S. The van der Waals surface area contributed by atoms with E-state index in [4.69, 9.17) is 6.42 Å². The molecule has 0 atom stereocenters. The molecule has 33 heavy (non-hydrogen) atoms. The number of terminal acetylenes is 1. The molecule has 0 fully saturated rings. The molecule has 2 heterocycles. The highest BCUT2D eigenvalue weighted by Crippen LogP contribution is 2.31. The number of thiazole rings is 1. The van der Waals surface area contributed by atoms with Gasteiger partial charge in [-0.05, 0) is 33.3 Å². The quantitative estimate of drug-likeness (QED) is 0.241. The van der Waals surface area contributed by atoms with Crippen molar-refractivity contribution >= 4 is 34.7 Å². The van der Waals surface area contributed by atoms with E-state index in [1.54, 1.807) is 6.08 Å². The number of Topliss-reactive ketones (excluding diaryl/α,β-unsaturated/α-hetero) is 1. The summed E-state index contributed by atoms with van der Waals surface area (Å²) in [5.74, 6) is 1.18. The highest BCUT2D eigenvalue weighted by molar-refractivity contribution is 7.11. The smallest absolute Gasteiger partial charge is 0.335 e. The number of rotatable bonds is 8.